The van der Waals surface area contributed by atoms with E-state index >= 15 is 0 Å². The van der Waals surface area contributed by atoms with Crippen molar-refractivity contribution >= 4 is 28.2 Å². The van der Waals surface area contributed by atoms with Crippen LogP contribution in [-0.4, -0.2) is 14.8 Å². The first-order valence-corrected chi connectivity index (χ1v) is 7.43. The Labute approximate surface area is 128 Å². The van der Waals surface area contributed by atoms with Crippen molar-refractivity contribution in [2.24, 2.45) is 0 Å². The lowest BCUT2D eigenvalue weighted by Crippen LogP contribution is -2.00. The van der Waals surface area contributed by atoms with Crippen LogP contribution in [0.5, 0.6) is 0 Å². The minimum atomic E-state index is 0.704. The number of aryl methyl sites for hydroxylation is 1. The SMILES string of the molecule is CCCn1cc(CNc2cc(Cl)cc3cccnc23)cn1. The molecule has 3 rings (SSSR count). The van der Waals surface area contributed by atoms with E-state index in [0.717, 1.165) is 35.1 Å². The number of halogens is 1. The van der Waals surface area contributed by atoms with Crippen molar-refractivity contribution in [3.63, 3.8) is 0 Å². The van der Waals surface area contributed by atoms with Crippen LogP contribution in [0.2, 0.25) is 5.02 Å². The smallest absolute Gasteiger partial charge is 0.0934 e. The van der Waals surface area contributed by atoms with Crippen LogP contribution >= 0.6 is 11.6 Å². The van der Waals surface area contributed by atoms with Crippen LogP contribution in [-0.2, 0) is 13.1 Å². The number of anilines is 1. The fourth-order valence-electron chi connectivity index (χ4n) is 2.34. The van der Waals surface area contributed by atoms with Gasteiger partial charge in [0, 0.05) is 41.5 Å². The van der Waals surface area contributed by atoms with Crippen LogP contribution in [0.15, 0.2) is 42.9 Å². The van der Waals surface area contributed by atoms with Crippen molar-refractivity contribution in [2.45, 2.75) is 26.4 Å². The maximum absolute atomic E-state index is 6.17. The van der Waals surface area contributed by atoms with Crippen LogP contribution in [0.3, 0.4) is 0 Å². The molecule has 0 amide bonds. The van der Waals surface area contributed by atoms with Gasteiger partial charge in [0.05, 0.1) is 17.4 Å². The van der Waals surface area contributed by atoms with Gasteiger partial charge in [-0.25, -0.2) is 0 Å². The fraction of sp³-hybridized carbons (Fsp3) is 0.250. The largest absolute Gasteiger partial charge is 0.379 e. The van der Waals surface area contributed by atoms with Gasteiger partial charge >= 0.3 is 0 Å². The Morgan fingerprint density at radius 2 is 2.24 bits per heavy atom. The Bertz CT molecular complexity index is 751. The van der Waals surface area contributed by atoms with E-state index in [1.165, 1.54) is 0 Å². The number of rotatable bonds is 5. The predicted octanol–water partition coefficient (Wildman–Crippen LogP) is 4.11. The predicted molar refractivity (Wildman–Crippen MR) is 86.6 cm³/mol. The van der Waals surface area contributed by atoms with E-state index in [9.17, 15) is 0 Å². The summed E-state index contributed by atoms with van der Waals surface area (Å²) in [5, 5.41) is 9.48. The van der Waals surface area contributed by atoms with E-state index in [1.54, 1.807) is 6.20 Å². The van der Waals surface area contributed by atoms with Crippen LogP contribution < -0.4 is 5.32 Å². The molecule has 0 spiro atoms. The molecule has 21 heavy (non-hydrogen) atoms. The Balaban J connectivity index is 1.81. The highest BCUT2D eigenvalue weighted by molar-refractivity contribution is 6.31. The first-order chi connectivity index (χ1) is 10.3. The molecule has 0 aliphatic heterocycles. The van der Waals surface area contributed by atoms with Crippen LogP contribution in [0.1, 0.15) is 18.9 Å². The topological polar surface area (TPSA) is 42.7 Å². The Hall–Kier alpha value is -2.07. The van der Waals surface area contributed by atoms with Crippen molar-refractivity contribution in [3.8, 4) is 0 Å². The van der Waals surface area contributed by atoms with Gasteiger partial charge < -0.3 is 5.32 Å². The molecule has 0 radical (unpaired) electrons. The Morgan fingerprint density at radius 3 is 3.10 bits per heavy atom. The van der Waals surface area contributed by atoms with Gasteiger partial charge in [0.1, 0.15) is 0 Å². The molecule has 2 heterocycles. The third-order valence-corrected chi connectivity index (χ3v) is 3.51. The van der Waals surface area contributed by atoms with Gasteiger partial charge in [0.2, 0.25) is 0 Å². The normalized spacial score (nSPS) is 11.0. The zero-order valence-electron chi connectivity index (χ0n) is 11.9. The third-order valence-electron chi connectivity index (χ3n) is 3.29. The summed E-state index contributed by atoms with van der Waals surface area (Å²) in [6, 6.07) is 7.76. The number of hydrogen-bond acceptors (Lipinski definition) is 3. The average molecular weight is 301 g/mol. The first-order valence-electron chi connectivity index (χ1n) is 7.06. The zero-order valence-corrected chi connectivity index (χ0v) is 12.6. The number of nitrogens with zero attached hydrogens (tertiary/aromatic N) is 3. The van der Waals surface area contributed by atoms with Crippen molar-refractivity contribution in [1.82, 2.24) is 14.8 Å². The number of pyridine rings is 1. The summed E-state index contributed by atoms with van der Waals surface area (Å²) in [5.41, 5.74) is 3.02. The van der Waals surface area contributed by atoms with Gasteiger partial charge in [-0.1, -0.05) is 24.6 Å². The average Bonchev–Trinajstić information content (AvgIpc) is 2.93. The molecule has 0 saturated heterocycles. The second-order valence-corrected chi connectivity index (χ2v) is 5.43. The van der Waals surface area contributed by atoms with Gasteiger partial charge in [0.15, 0.2) is 0 Å². The number of aromatic nitrogens is 3. The molecule has 1 N–H and O–H groups in total. The molecule has 0 atom stereocenters. The minimum Gasteiger partial charge on any atom is -0.379 e. The van der Waals surface area contributed by atoms with Crippen molar-refractivity contribution in [3.05, 3.63) is 53.4 Å². The van der Waals surface area contributed by atoms with E-state index in [1.807, 2.05) is 35.1 Å². The standard InChI is InChI=1S/C16H17ClN4/c1-2-6-21-11-12(10-20-21)9-19-15-8-14(17)7-13-4-3-5-18-16(13)15/h3-5,7-8,10-11,19H,2,6,9H2,1H3. The number of benzene rings is 1. The van der Waals surface area contributed by atoms with Gasteiger partial charge in [-0.2, -0.15) is 5.10 Å². The molecule has 0 saturated carbocycles. The molecule has 5 heteroatoms. The van der Waals surface area contributed by atoms with E-state index in [2.05, 4.69) is 28.5 Å². The Morgan fingerprint density at radius 1 is 1.33 bits per heavy atom. The van der Waals surface area contributed by atoms with E-state index < -0.39 is 0 Å². The monoisotopic (exact) mass is 300 g/mol. The highest BCUT2D eigenvalue weighted by atomic mass is 35.5. The molecule has 4 nitrogen and oxygen atoms in total. The lowest BCUT2D eigenvalue weighted by atomic mass is 10.2. The van der Waals surface area contributed by atoms with Crippen LogP contribution in [0.25, 0.3) is 10.9 Å². The third kappa shape index (κ3) is 3.16. The summed E-state index contributed by atoms with van der Waals surface area (Å²) < 4.78 is 1.96. The molecular weight excluding hydrogens is 284 g/mol. The van der Waals surface area contributed by atoms with E-state index in [-0.39, 0.29) is 0 Å². The summed E-state index contributed by atoms with van der Waals surface area (Å²) in [6.07, 6.45) is 6.83. The highest BCUT2D eigenvalue weighted by Gasteiger charge is 2.05. The molecule has 0 aliphatic rings. The van der Waals surface area contributed by atoms with Crippen LogP contribution in [0, 0.1) is 0 Å². The molecule has 108 valence electrons. The van der Waals surface area contributed by atoms with Crippen molar-refractivity contribution in [2.75, 3.05) is 5.32 Å². The second-order valence-electron chi connectivity index (χ2n) is 4.99. The fourth-order valence-corrected chi connectivity index (χ4v) is 2.56. The maximum Gasteiger partial charge on any atom is 0.0934 e. The molecule has 2 aromatic heterocycles. The van der Waals surface area contributed by atoms with E-state index in [4.69, 9.17) is 11.6 Å². The molecule has 3 aromatic rings. The van der Waals surface area contributed by atoms with Gasteiger partial charge in [-0.15, -0.1) is 0 Å². The van der Waals surface area contributed by atoms with Gasteiger partial charge in [-0.3, -0.25) is 9.67 Å². The van der Waals surface area contributed by atoms with Crippen molar-refractivity contribution < 1.29 is 0 Å². The molecule has 1 aromatic carbocycles. The lowest BCUT2D eigenvalue weighted by Gasteiger charge is -2.09. The minimum absolute atomic E-state index is 0.704. The molecular formula is C16H17ClN4. The van der Waals surface area contributed by atoms with Gasteiger partial charge in [-0.05, 0) is 24.6 Å². The number of nitrogens with one attached hydrogen (secondary N) is 1. The Kier molecular flexibility index (Phi) is 4.06. The van der Waals surface area contributed by atoms with Gasteiger partial charge in [0.25, 0.3) is 0 Å². The maximum atomic E-state index is 6.17. The van der Waals surface area contributed by atoms with Crippen LogP contribution in [0.4, 0.5) is 5.69 Å². The molecule has 0 fully saturated rings. The molecule has 0 unspecified atom stereocenters. The summed E-state index contributed by atoms with van der Waals surface area (Å²) in [5.74, 6) is 0. The zero-order chi connectivity index (χ0) is 14.7. The summed E-state index contributed by atoms with van der Waals surface area (Å²) in [6.45, 7) is 3.79. The van der Waals surface area contributed by atoms with Crippen molar-refractivity contribution in [1.29, 1.82) is 0 Å². The molecule has 0 aliphatic carbocycles. The summed E-state index contributed by atoms with van der Waals surface area (Å²) >= 11 is 6.17. The second kappa shape index (κ2) is 6.14. The van der Waals surface area contributed by atoms with E-state index in [0.29, 0.717) is 11.6 Å². The lowest BCUT2D eigenvalue weighted by molar-refractivity contribution is 0.602. The number of fused-ring (bicyclic) bond motifs is 1. The summed E-state index contributed by atoms with van der Waals surface area (Å²) in [4.78, 5) is 4.43. The highest BCUT2D eigenvalue weighted by Crippen LogP contribution is 2.26. The quantitative estimate of drug-likeness (QED) is 0.771. The number of hydrogen-bond donors (Lipinski definition) is 1. The summed E-state index contributed by atoms with van der Waals surface area (Å²) in [7, 11) is 0. The first kappa shape index (κ1) is 13.9. The molecule has 0 bridgehead atoms.